The largest absolute Gasteiger partial charge is 0.502 e. The molecule has 9 nitrogen and oxygen atoms in total. The van der Waals surface area contributed by atoms with Crippen molar-refractivity contribution in [3.63, 3.8) is 0 Å². The fourth-order valence-corrected chi connectivity index (χ4v) is 3.43. The van der Waals surface area contributed by atoms with Crippen molar-refractivity contribution in [3.05, 3.63) is 46.3 Å². The first kappa shape index (κ1) is 19.7. The van der Waals surface area contributed by atoms with Crippen molar-refractivity contribution in [2.24, 2.45) is 0 Å². The third-order valence-corrected chi connectivity index (χ3v) is 4.88. The highest BCUT2D eigenvalue weighted by Crippen LogP contribution is 2.50. The number of aromatic hydroxyl groups is 1. The SMILES string of the molecule is COc1cc([C@H]2Oc3c(OC)cc4oc(=O)ccc4c3O[C@@H]2CO)cc(OC)c1O. The van der Waals surface area contributed by atoms with Crippen LogP contribution in [-0.4, -0.2) is 44.3 Å². The number of aliphatic hydroxyl groups is 1. The van der Waals surface area contributed by atoms with Gasteiger partial charge in [-0.1, -0.05) is 0 Å². The molecule has 2 atom stereocenters. The van der Waals surface area contributed by atoms with Gasteiger partial charge in [0.25, 0.3) is 0 Å². The van der Waals surface area contributed by atoms with E-state index in [4.69, 9.17) is 28.1 Å². The average Bonchev–Trinajstić information content (AvgIpc) is 2.77. The van der Waals surface area contributed by atoms with Gasteiger partial charge in [0, 0.05) is 17.7 Å². The smallest absolute Gasteiger partial charge is 0.336 e. The molecule has 0 aliphatic carbocycles. The number of methoxy groups -OCH3 is 3. The lowest BCUT2D eigenvalue weighted by Gasteiger charge is -2.34. The minimum atomic E-state index is -0.807. The molecule has 0 amide bonds. The summed E-state index contributed by atoms with van der Waals surface area (Å²) in [6.45, 7) is -0.370. The summed E-state index contributed by atoms with van der Waals surface area (Å²) in [5.74, 6) is 1.09. The average molecular weight is 416 g/mol. The van der Waals surface area contributed by atoms with Crippen molar-refractivity contribution in [2.75, 3.05) is 27.9 Å². The number of hydrogen-bond acceptors (Lipinski definition) is 9. The van der Waals surface area contributed by atoms with Crippen LogP contribution in [0.15, 0.2) is 39.5 Å². The van der Waals surface area contributed by atoms with Crippen LogP contribution >= 0.6 is 0 Å². The van der Waals surface area contributed by atoms with Gasteiger partial charge in [0.1, 0.15) is 5.58 Å². The molecule has 0 saturated carbocycles. The van der Waals surface area contributed by atoms with Crippen LogP contribution in [0.25, 0.3) is 11.0 Å². The molecule has 1 aliphatic heterocycles. The lowest BCUT2D eigenvalue weighted by atomic mass is 10.0. The number of rotatable bonds is 5. The minimum absolute atomic E-state index is 0.153. The highest BCUT2D eigenvalue weighted by molar-refractivity contribution is 5.89. The van der Waals surface area contributed by atoms with E-state index in [1.54, 1.807) is 18.2 Å². The second-order valence-corrected chi connectivity index (χ2v) is 6.55. The van der Waals surface area contributed by atoms with E-state index in [0.717, 1.165) is 0 Å². The van der Waals surface area contributed by atoms with E-state index in [1.807, 2.05) is 0 Å². The Hall–Kier alpha value is -3.59. The summed E-state index contributed by atoms with van der Waals surface area (Å²) in [6.07, 6.45) is -1.58. The van der Waals surface area contributed by atoms with Gasteiger partial charge in [0.15, 0.2) is 35.2 Å². The third-order valence-electron chi connectivity index (χ3n) is 4.88. The molecule has 0 radical (unpaired) electrons. The number of hydrogen-bond donors (Lipinski definition) is 2. The number of aliphatic hydroxyl groups excluding tert-OH is 1. The van der Waals surface area contributed by atoms with Gasteiger partial charge in [-0.25, -0.2) is 4.79 Å². The van der Waals surface area contributed by atoms with Crippen molar-refractivity contribution in [3.8, 4) is 34.5 Å². The summed E-state index contributed by atoms with van der Waals surface area (Å²) in [6, 6.07) is 7.52. The van der Waals surface area contributed by atoms with Gasteiger partial charge in [-0.3, -0.25) is 0 Å². The Kier molecular flexibility index (Phi) is 5.04. The minimum Gasteiger partial charge on any atom is -0.502 e. The first-order valence-corrected chi connectivity index (χ1v) is 9.04. The fraction of sp³-hybridized carbons (Fsp3) is 0.286. The van der Waals surface area contributed by atoms with E-state index >= 15 is 0 Å². The maximum Gasteiger partial charge on any atom is 0.336 e. The van der Waals surface area contributed by atoms with Crippen molar-refractivity contribution in [1.29, 1.82) is 0 Å². The molecule has 0 spiro atoms. The molecule has 1 aromatic heterocycles. The third kappa shape index (κ3) is 3.13. The van der Waals surface area contributed by atoms with Crippen molar-refractivity contribution >= 4 is 11.0 Å². The molecule has 0 saturated heterocycles. The molecule has 2 N–H and O–H groups in total. The number of ether oxygens (including phenoxy) is 5. The maximum atomic E-state index is 11.6. The van der Waals surface area contributed by atoms with Crippen LogP contribution in [-0.2, 0) is 0 Å². The van der Waals surface area contributed by atoms with Gasteiger partial charge < -0.3 is 38.3 Å². The van der Waals surface area contributed by atoms with Crippen molar-refractivity contribution in [2.45, 2.75) is 12.2 Å². The Labute approximate surface area is 170 Å². The Morgan fingerprint density at radius 2 is 1.60 bits per heavy atom. The summed E-state index contributed by atoms with van der Waals surface area (Å²) in [7, 11) is 4.28. The van der Waals surface area contributed by atoms with E-state index in [-0.39, 0.29) is 29.4 Å². The molecule has 2 heterocycles. The zero-order valence-electron chi connectivity index (χ0n) is 16.5. The Morgan fingerprint density at radius 1 is 0.933 bits per heavy atom. The Bertz CT molecular complexity index is 1130. The monoisotopic (exact) mass is 416 g/mol. The van der Waals surface area contributed by atoms with E-state index in [2.05, 4.69) is 0 Å². The van der Waals surface area contributed by atoms with Gasteiger partial charge in [-0.15, -0.1) is 0 Å². The second-order valence-electron chi connectivity index (χ2n) is 6.55. The van der Waals surface area contributed by atoms with Gasteiger partial charge in [0.05, 0.1) is 33.3 Å². The topological polar surface area (TPSA) is 117 Å². The summed E-state index contributed by atoms with van der Waals surface area (Å²) in [4.78, 5) is 11.6. The predicted molar refractivity (Wildman–Crippen MR) is 105 cm³/mol. The van der Waals surface area contributed by atoms with E-state index in [0.29, 0.717) is 28.2 Å². The second kappa shape index (κ2) is 7.68. The van der Waals surface area contributed by atoms with Crippen LogP contribution in [0.2, 0.25) is 0 Å². The summed E-state index contributed by atoms with van der Waals surface area (Å²) < 4.78 is 33.3. The predicted octanol–water partition coefficient (Wildman–Crippen LogP) is 2.40. The van der Waals surface area contributed by atoms with Crippen LogP contribution in [0.5, 0.6) is 34.5 Å². The number of phenolic OH excluding ortho intramolecular Hbond substituents is 1. The van der Waals surface area contributed by atoms with Crippen LogP contribution in [0.4, 0.5) is 0 Å². The summed E-state index contributed by atoms with van der Waals surface area (Å²) >= 11 is 0. The zero-order chi connectivity index (χ0) is 21.4. The van der Waals surface area contributed by atoms with Gasteiger partial charge >= 0.3 is 5.63 Å². The van der Waals surface area contributed by atoms with Crippen LogP contribution in [0, 0.1) is 0 Å². The number of fused-ring (bicyclic) bond motifs is 3. The fourth-order valence-electron chi connectivity index (χ4n) is 3.43. The van der Waals surface area contributed by atoms with Crippen molar-refractivity contribution in [1.82, 2.24) is 0 Å². The number of benzene rings is 2. The zero-order valence-corrected chi connectivity index (χ0v) is 16.5. The molecular formula is C21H20O9. The quantitative estimate of drug-likeness (QED) is 0.605. The molecule has 3 aromatic rings. The highest BCUT2D eigenvalue weighted by Gasteiger charge is 2.37. The molecule has 2 aromatic carbocycles. The molecule has 1 aliphatic rings. The molecule has 158 valence electrons. The first-order valence-electron chi connectivity index (χ1n) is 9.04. The number of phenols is 1. The lowest BCUT2D eigenvalue weighted by Crippen LogP contribution is -2.36. The van der Waals surface area contributed by atoms with Crippen LogP contribution in [0.1, 0.15) is 11.7 Å². The Balaban J connectivity index is 1.88. The van der Waals surface area contributed by atoms with Crippen LogP contribution in [0.3, 0.4) is 0 Å². The summed E-state index contributed by atoms with van der Waals surface area (Å²) in [5.41, 5.74) is 0.304. The van der Waals surface area contributed by atoms with Gasteiger partial charge in [0.2, 0.25) is 11.5 Å². The van der Waals surface area contributed by atoms with E-state index < -0.39 is 17.8 Å². The van der Waals surface area contributed by atoms with Gasteiger partial charge in [-0.05, 0) is 18.2 Å². The summed E-state index contributed by atoms with van der Waals surface area (Å²) in [5, 5.41) is 20.7. The molecule has 0 fully saturated rings. The van der Waals surface area contributed by atoms with Gasteiger partial charge in [-0.2, -0.15) is 0 Å². The molecule has 0 unspecified atom stereocenters. The molecule has 30 heavy (non-hydrogen) atoms. The highest BCUT2D eigenvalue weighted by atomic mass is 16.6. The van der Waals surface area contributed by atoms with E-state index in [1.165, 1.54) is 33.5 Å². The lowest BCUT2D eigenvalue weighted by molar-refractivity contribution is -0.0128. The Morgan fingerprint density at radius 3 is 2.20 bits per heavy atom. The van der Waals surface area contributed by atoms with Crippen molar-refractivity contribution < 1.29 is 38.3 Å². The molecular weight excluding hydrogens is 396 g/mol. The standard InChI is InChI=1S/C21H20O9/c1-25-13-6-10(7-14(26-2)18(13)24)19-16(9-22)29-20-11-4-5-17(23)28-12(11)8-15(27-3)21(20)30-19/h4-8,16,19,22,24H,9H2,1-3H3/t16-,19-/m1/s1. The van der Waals surface area contributed by atoms with Crippen LogP contribution < -0.4 is 29.3 Å². The molecule has 4 rings (SSSR count). The van der Waals surface area contributed by atoms with E-state index in [9.17, 15) is 15.0 Å². The molecule has 0 bridgehead atoms. The normalized spacial score (nSPS) is 17.6. The maximum absolute atomic E-state index is 11.6. The molecule has 9 heteroatoms. The first-order chi connectivity index (χ1) is 14.5.